The van der Waals surface area contributed by atoms with Crippen LogP contribution in [0.4, 0.5) is 8.78 Å². The van der Waals surface area contributed by atoms with Crippen LogP contribution in [0, 0.1) is 11.6 Å². The second-order valence-corrected chi connectivity index (χ2v) is 6.77. The molecule has 27 heavy (non-hydrogen) atoms. The van der Waals surface area contributed by atoms with Crippen molar-refractivity contribution >= 4 is 17.1 Å². The van der Waals surface area contributed by atoms with Gasteiger partial charge in [0.25, 0.3) is 5.91 Å². The minimum atomic E-state index is -0.573. The van der Waals surface area contributed by atoms with E-state index in [-0.39, 0.29) is 5.91 Å². The van der Waals surface area contributed by atoms with Crippen molar-refractivity contribution in [1.82, 2.24) is 24.3 Å². The fraction of sp³-hybridized carbons (Fsp3) is 0.316. The lowest BCUT2D eigenvalue weighted by Crippen LogP contribution is -2.48. The zero-order chi connectivity index (χ0) is 19.0. The van der Waals surface area contributed by atoms with Crippen LogP contribution in [0.2, 0.25) is 0 Å². The molecule has 1 aliphatic rings. The molecule has 1 aliphatic heterocycles. The van der Waals surface area contributed by atoms with E-state index in [1.807, 2.05) is 7.05 Å². The van der Waals surface area contributed by atoms with Gasteiger partial charge in [0, 0.05) is 52.0 Å². The van der Waals surface area contributed by atoms with Crippen LogP contribution in [0.3, 0.4) is 0 Å². The Morgan fingerprint density at radius 1 is 1.04 bits per heavy atom. The number of aryl methyl sites for hydroxylation is 1. The maximum absolute atomic E-state index is 13.3. The van der Waals surface area contributed by atoms with Gasteiger partial charge in [0.1, 0.15) is 17.2 Å². The first-order valence-corrected chi connectivity index (χ1v) is 8.73. The van der Waals surface area contributed by atoms with Crippen molar-refractivity contribution in [3.63, 3.8) is 0 Å². The average Bonchev–Trinajstić information content (AvgIpc) is 3.01. The highest BCUT2D eigenvalue weighted by Crippen LogP contribution is 2.16. The highest BCUT2D eigenvalue weighted by atomic mass is 19.1. The zero-order valence-corrected chi connectivity index (χ0v) is 14.9. The number of aromatic nitrogens is 3. The van der Waals surface area contributed by atoms with E-state index in [4.69, 9.17) is 0 Å². The minimum Gasteiger partial charge on any atom is -0.336 e. The smallest absolute Gasteiger partial charge is 0.255 e. The van der Waals surface area contributed by atoms with Gasteiger partial charge >= 0.3 is 0 Å². The van der Waals surface area contributed by atoms with E-state index in [0.29, 0.717) is 49.4 Å². The second kappa shape index (κ2) is 7.03. The molecule has 8 heteroatoms. The van der Waals surface area contributed by atoms with Crippen LogP contribution in [0.15, 0.2) is 36.8 Å². The molecule has 1 fully saturated rings. The molecule has 1 saturated heterocycles. The van der Waals surface area contributed by atoms with Crippen molar-refractivity contribution in [1.29, 1.82) is 0 Å². The number of halogens is 2. The Bertz CT molecular complexity index is 975. The molecule has 0 bridgehead atoms. The normalized spacial score (nSPS) is 15.4. The molecule has 0 atom stereocenters. The third kappa shape index (κ3) is 3.66. The minimum absolute atomic E-state index is 0.0773. The molecule has 2 aromatic heterocycles. The van der Waals surface area contributed by atoms with Gasteiger partial charge in [0.05, 0.1) is 11.9 Å². The number of fused-ring (bicyclic) bond motifs is 1. The number of amides is 1. The van der Waals surface area contributed by atoms with Crippen molar-refractivity contribution in [2.24, 2.45) is 7.05 Å². The third-order valence-corrected chi connectivity index (χ3v) is 4.79. The van der Waals surface area contributed by atoms with Crippen molar-refractivity contribution < 1.29 is 13.6 Å². The van der Waals surface area contributed by atoms with E-state index < -0.39 is 11.6 Å². The second-order valence-electron chi connectivity index (χ2n) is 6.77. The van der Waals surface area contributed by atoms with E-state index in [1.54, 1.807) is 28.1 Å². The van der Waals surface area contributed by atoms with Gasteiger partial charge in [-0.25, -0.2) is 18.7 Å². The Labute approximate surface area is 155 Å². The Kier molecular flexibility index (Phi) is 4.57. The topological polar surface area (TPSA) is 54.3 Å². The van der Waals surface area contributed by atoms with Gasteiger partial charge in [-0.3, -0.25) is 9.69 Å². The summed E-state index contributed by atoms with van der Waals surface area (Å²) in [7, 11) is 1.85. The lowest BCUT2D eigenvalue weighted by Gasteiger charge is -2.34. The highest BCUT2D eigenvalue weighted by molar-refractivity contribution is 5.96. The molecule has 0 spiro atoms. The van der Waals surface area contributed by atoms with Gasteiger partial charge in [0.2, 0.25) is 0 Å². The van der Waals surface area contributed by atoms with E-state index in [0.717, 1.165) is 11.7 Å². The SMILES string of the molecule is Cn1cnc2cc(C(=O)N3CCN(Cc4cc(F)cc(F)c4)CC3)cnc21. The summed E-state index contributed by atoms with van der Waals surface area (Å²) in [5.41, 5.74) is 2.53. The predicted octanol–water partition coefficient (Wildman–Crippen LogP) is 2.20. The van der Waals surface area contributed by atoms with Crippen molar-refractivity contribution in [2.75, 3.05) is 26.2 Å². The summed E-state index contributed by atoms with van der Waals surface area (Å²) in [6, 6.07) is 5.31. The summed E-state index contributed by atoms with van der Waals surface area (Å²) in [5, 5.41) is 0. The number of carbonyl (C=O) groups is 1. The first-order chi connectivity index (χ1) is 13.0. The first-order valence-electron chi connectivity index (χ1n) is 8.73. The van der Waals surface area contributed by atoms with E-state index in [2.05, 4.69) is 14.9 Å². The number of rotatable bonds is 3. The molecule has 1 aromatic carbocycles. The van der Waals surface area contributed by atoms with Gasteiger partial charge in [0.15, 0.2) is 5.65 Å². The van der Waals surface area contributed by atoms with Crippen molar-refractivity contribution in [2.45, 2.75) is 6.54 Å². The molecule has 0 radical (unpaired) electrons. The van der Waals surface area contributed by atoms with E-state index in [1.165, 1.54) is 12.1 Å². The lowest BCUT2D eigenvalue weighted by atomic mass is 10.1. The number of imidazole rings is 1. The standard InChI is InChI=1S/C19H19F2N5O/c1-24-12-23-17-8-14(10-22-18(17)24)19(27)26-4-2-25(3-5-26)11-13-6-15(20)9-16(21)7-13/h6-10,12H,2-5,11H2,1H3. The van der Waals surface area contributed by atoms with Crippen LogP contribution in [0.1, 0.15) is 15.9 Å². The summed E-state index contributed by atoms with van der Waals surface area (Å²) in [6.45, 7) is 2.85. The van der Waals surface area contributed by atoms with Gasteiger partial charge < -0.3 is 9.47 Å². The molecule has 3 aromatic rings. The molecule has 0 aliphatic carbocycles. The Balaban J connectivity index is 1.39. The summed E-state index contributed by atoms with van der Waals surface area (Å²) < 4.78 is 28.5. The summed E-state index contributed by atoms with van der Waals surface area (Å²) >= 11 is 0. The van der Waals surface area contributed by atoms with Gasteiger partial charge in [-0.1, -0.05) is 0 Å². The number of carbonyl (C=O) groups excluding carboxylic acids is 1. The van der Waals surface area contributed by atoms with Gasteiger partial charge in [-0.2, -0.15) is 0 Å². The zero-order valence-electron chi connectivity index (χ0n) is 14.9. The molecule has 140 valence electrons. The largest absolute Gasteiger partial charge is 0.336 e. The molecule has 0 N–H and O–H groups in total. The maximum atomic E-state index is 13.3. The van der Waals surface area contributed by atoms with Crippen LogP contribution in [-0.2, 0) is 13.6 Å². The Hall–Kier alpha value is -2.87. The molecule has 1 amide bonds. The number of piperazine rings is 1. The van der Waals surface area contributed by atoms with Crippen LogP contribution in [-0.4, -0.2) is 56.4 Å². The number of nitrogens with zero attached hydrogens (tertiary/aromatic N) is 5. The van der Waals surface area contributed by atoms with Gasteiger partial charge in [-0.05, 0) is 23.8 Å². The Morgan fingerprint density at radius 2 is 1.74 bits per heavy atom. The quantitative estimate of drug-likeness (QED) is 0.708. The summed E-state index contributed by atoms with van der Waals surface area (Å²) in [6.07, 6.45) is 3.24. The van der Waals surface area contributed by atoms with Crippen LogP contribution < -0.4 is 0 Å². The molecular weight excluding hydrogens is 352 g/mol. The molecule has 3 heterocycles. The third-order valence-electron chi connectivity index (χ3n) is 4.79. The molecule has 0 saturated carbocycles. The molecule has 6 nitrogen and oxygen atoms in total. The van der Waals surface area contributed by atoms with Crippen LogP contribution >= 0.6 is 0 Å². The monoisotopic (exact) mass is 371 g/mol. The number of pyridine rings is 1. The Morgan fingerprint density at radius 3 is 2.44 bits per heavy atom. The highest BCUT2D eigenvalue weighted by Gasteiger charge is 2.23. The predicted molar refractivity (Wildman–Crippen MR) is 96.0 cm³/mol. The van der Waals surface area contributed by atoms with Crippen molar-refractivity contribution in [3.05, 3.63) is 59.6 Å². The number of hydrogen-bond acceptors (Lipinski definition) is 4. The average molecular weight is 371 g/mol. The molecule has 0 unspecified atom stereocenters. The fourth-order valence-electron chi connectivity index (χ4n) is 3.39. The summed E-state index contributed by atoms with van der Waals surface area (Å²) in [4.78, 5) is 25.1. The maximum Gasteiger partial charge on any atom is 0.255 e. The first kappa shape index (κ1) is 17.5. The number of hydrogen-bond donors (Lipinski definition) is 0. The fourth-order valence-corrected chi connectivity index (χ4v) is 3.39. The number of benzene rings is 1. The van der Waals surface area contributed by atoms with Gasteiger partial charge in [-0.15, -0.1) is 0 Å². The van der Waals surface area contributed by atoms with Crippen LogP contribution in [0.5, 0.6) is 0 Å². The van der Waals surface area contributed by atoms with Crippen LogP contribution in [0.25, 0.3) is 11.2 Å². The van der Waals surface area contributed by atoms with E-state index >= 15 is 0 Å². The van der Waals surface area contributed by atoms with E-state index in [9.17, 15) is 13.6 Å². The van der Waals surface area contributed by atoms with Crippen molar-refractivity contribution in [3.8, 4) is 0 Å². The lowest BCUT2D eigenvalue weighted by molar-refractivity contribution is 0.0628. The molecule has 4 rings (SSSR count). The molecular formula is C19H19F2N5O. The summed E-state index contributed by atoms with van der Waals surface area (Å²) in [5.74, 6) is -1.22.